The van der Waals surface area contributed by atoms with Gasteiger partial charge in [-0.2, -0.15) is 5.10 Å². The molecule has 0 atom stereocenters. The number of aromatic nitrogens is 3. The number of hydrogen-bond donors (Lipinski definition) is 2. The molecule has 0 saturated carbocycles. The maximum absolute atomic E-state index is 12.3. The molecule has 7 heteroatoms. The number of amides is 1. The topological polar surface area (TPSA) is 81.2 Å². The van der Waals surface area contributed by atoms with Crippen LogP contribution >= 0.6 is 0 Å². The molecular weight excluding hydrogens is 284 g/mol. The summed E-state index contributed by atoms with van der Waals surface area (Å²) in [4.78, 5) is 15.3. The molecule has 0 radical (unpaired) electrons. The molecule has 3 aromatic rings. The van der Waals surface area contributed by atoms with Crippen molar-refractivity contribution in [2.24, 2.45) is 7.05 Å². The van der Waals surface area contributed by atoms with Crippen molar-refractivity contribution < 1.29 is 14.3 Å². The predicted molar refractivity (Wildman–Crippen MR) is 82.6 cm³/mol. The van der Waals surface area contributed by atoms with E-state index < -0.39 is 0 Å². The summed E-state index contributed by atoms with van der Waals surface area (Å²) in [5, 5.41) is 7.68. The molecule has 0 unspecified atom stereocenters. The second-order valence-electron chi connectivity index (χ2n) is 4.81. The van der Waals surface area contributed by atoms with E-state index >= 15 is 0 Å². The van der Waals surface area contributed by atoms with E-state index in [0.717, 1.165) is 10.9 Å². The number of nitrogens with zero attached hydrogens (tertiary/aromatic N) is 2. The minimum atomic E-state index is -0.268. The number of rotatable bonds is 4. The van der Waals surface area contributed by atoms with Crippen LogP contribution in [-0.4, -0.2) is 34.9 Å². The van der Waals surface area contributed by atoms with E-state index in [-0.39, 0.29) is 5.91 Å². The lowest BCUT2D eigenvalue weighted by Crippen LogP contribution is -2.12. The SMILES string of the molecule is COc1cc(OC)c2[nH]c(C(=O)Nc3ccn(C)n3)cc2c1. The molecule has 0 bridgehead atoms. The van der Waals surface area contributed by atoms with Crippen LogP contribution in [0.4, 0.5) is 5.82 Å². The maximum Gasteiger partial charge on any atom is 0.273 e. The smallest absolute Gasteiger partial charge is 0.273 e. The maximum atomic E-state index is 12.3. The van der Waals surface area contributed by atoms with Crippen molar-refractivity contribution in [3.8, 4) is 11.5 Å². The van der Waals surface area contributed by atoms with Crippen molar-refractivity contribution in [2.75, 3.05) is 19.5 Å². The van der Waals surface area contributed by atoms with E-state index in [4.69, 9.17) is 9.47 Å². The Morgan fingerprint density at radius 2 is 2.09 bits per heavy atom. The van der Waals surface area contributed by atoms with Crippen LogP contribution in [0.1, 0.15) is 10.5 Å². The van der Waals surface area contributed by atoms with Gasteiger partial charge in [-0.15, -0.1) is 0 Å². The van der Waals surface area contributed by atoms with Crippen LogP contribution in [-0.2, 0) is 7.05 Å². The molecule has 0 spiro atoms. The zero-order chi connectivity index (χ0) is 15.7. The highest BCUT2D eigenvalue weighted by Crippen LogP contribution is 2.31. The summed E-state index contributed by atoms with van der Waals surface area (Å²) in [6, 6.07) is 7.08. The number of aryl methyl sites for hydroxylation is 1. The van der Waals surface area contributed by atoms with Gasteiger partial charge in [-0.25, -0.2) is 0 Å². The summed E-state index contributed by atoms with van der Waals surface area (Å²) in [7, 11) is 4.94. The summed E-state index contributed by atoms with van der Waals surface area (Å²) in [5.41, 5.74) is 1.17. The number of carbonyl (C=O) groups is 1. The van der Waals surface area contributed by atoms with Gasteiger partial charge in [-0.05, 0) is 12.1 Å². The molecule has 3 rings (SSSR count). The van der Waals surface area contributed by atoms with Crippen LogP contribution in [0, 0.1) is 0 Å². The highest BCUT2D eigenvalue weighted by Gasteiger charge is 2.14. The first-order valence-electron chi connectivity index (χ1n) is 6.66. The minimum Gasteiger partial charge on any atom is -0.497 e. The molecule has 114 valence electrons. The first kappa shape index (κ1) is 14.0. The van der Waals surface area contributed by atoms with Gasteiger partial charge in [0.1, 0.15) is 17.2 Å². The van der Waals surface area contributed by atoms with E-state index in [9.17, 15) is 4.79 Å². The zero-order valence-electron chi connectivity index (χ0n) is 12.5. The van der Waals surface area contributed by atoms with Crippen LogP contribution in [0.5, 0.6) is 11.5 Å². The summed E-state index contributed by atoms with van der Waals surface area (Å²) in [6.07, 6.45) is 1.76. The normalized spacial score (nSPS) is 10.7. The number of methoxy groups -OCH3 is 2. The average Bonchev–Trinajstić information content (AvgIpc) is 3.12. The van der Waals surface area contributed by atoms with E-state index in [0.29, 0.717) is 23.0 Å². The molecule has 0 aliphatic rings. The second kappa shape index (κ2) is 5.44. The number of fused-ring (bicyclic) bond motifs is 1. The zero-order valence-corrected chi connectivity index (χ0v) is 12.5. The molecule has 2 heterocycles. The highest BCUT2D eigenvalue weighted by atomic mass is 16.5. The Kier molecular flexibility index (Phi) is 3.46. The lowest BCUT2D eigenvalue weighted by Gasteiger charge is -2.05. The molecule has 2 aromatic heterocycles. The third-order valence-electron chi connectivity index (χ3n) is 3.32. The lowest BCUT2D eigenvalue weighted by atomic mass is 10.2. The molecule has 1 aromatic carbocycles. The first-order chi connectivity index (χ1) is 10.6. The minimum absolute atomic E-state index is 0.268. The van der Waals surface area contributed by atoms with Crippen LogP contribution in [0.2, 0.25) is 0 Å². The Morgan fingerprint density at radius 1 is 1.27 bits per heavy atom. The van der Waals surface area contributed by atoms with Crippen molar-refractivity contribution in [1.29, 1.82) is 0 Å². The Labute approximate surface area is 126 Å². The van der Waals surface area contributed by atoms with Crippen molar-refractivity contribution in [3.63, 3.8) is 0 Å². The molecule has 1 amide bonds. The Morgan fingerprint density at radius 3 is 2.73 bits per heavy atom. The third kappa shape index (κ3) is 2.48. The van der Waals surface area contributed by atoms with Gasteiger partial charge < -0.3 is 19.8 Å². The fraction of sp³-hybridized carbons (Fsp3) is 0.200. The van der Waals surface area contributed by atoms with Gasteiger partial charge in [0.2, 0.25) is 0 Å². The molecular formula is C15H16N4O3. The molecule has 2 N–H and O–H groups in total. The number of aromatic amines is 1. The van der Waals surface area contributed by atoms with Gasteiger partial charge in [0.05, 0.1) is 19.7 Å². The number of anilines is 1. The van der Waals surface area contributed by atoms with E-state index in [1.165, 1.54) is 0 Å². The number of H-pyrrole nitrogens is 1. The quantitative estimate of drug-likeness (QED) is 0.773. The lowest BCUT2D eigenvalue weighted by molar-refractivity contribution is 0.102. The number of carbonyl (C=O) groups excluding carboxylic acids is 1. The van der Waals surface area contributed by atoms with E-state index in [2.05, 4.69) is 15.4 Å². The van der Waals surface area contributed by atoms with E-state index in [1.54, 1.807) is 50.3 Å². The van der Waals surface area contributed by atoms with Crippen molar-refractivity contribution in [1.82, 2.24) is 14.8 Å². The summed E-state index contributed by atoms with van der Waals surface area (Å²) in [6.45, 7) is 0. The molecule has 7 nitrogen and oxygen atoms in total. The number of nitrogens with one attached hydrogen (secondary N) is 2. The second-order valence-corrected chi connectivity index (χ2v) is 4.81. The molecule has 0 saturated heterocycles. The van der Waals surface area contributed by atoms with Crippen molar-refractivity contribution in [2.45, 2.75) is 0 Å². The molecule has 0 aliphatic heterocycles. The van der Waals surface area contributed by atoms with Crippen LogP contribution in [0.3, 0.4) is 0 Å². The third-order valence-corrected chi connectivity index (χ3v) is 3.32. The molecule has 0 fully saturated rings. The van der Waals surface area contributed by atoms with Crippen LogP contribution in [0.25, 0.3) is 10.9 Å². The monoisotopic (exact) mass is 300 g/mol. The van der Waals surface area contributed by atoms with Crippen molar-refractivity contribution >= 4 is 22.6 Å². The average molecular weight is 300 g/mol. The fourth-order valence-electron chi connectivity index (χ4n) is 2.25. The van der Waals surface area contributed by atoms with Gasteiger partial charge in [0.25, 0.3) is 5.91 Å². The molecule has 22 heavy (non-hydrogen) atoms. The summed E-state index contributed by atoms with van der Waals surface area (Å²) in [5.74, 6) is 1.51. The summed E-state index contributed by atoms with van der Waals surface area (Å²) >= 11 is 0. The first-order valence-corrected chi connectivity index (χ1v) is 6.66. The number of ether oxygens (including phenoxy) is 2. The van der Waals surface area contributed by atoms with Gasteiger partial charge >= 0.3 is 0 Å². The Bertz CT molecular complexity index is 835. The van der Waals surface area contributed by atoms with Crippen molar-refractivity contribution in [3.05, 3.63) is 36.2 Å². The number of hydrogen-bond acceptors (Lipinski definition) is 4. The van der Waals surface area contributed by atoms with Gasteiger partial charge in [-0.1, -0.05) is 0 Å². The van der Waals surface area contributed by atoms with Crippen LogP contribution < -0.4 is 14.8 Å². The standard InChI is InChI=1S/C15H16N4O3/c1-19-5-4-13(18-19)17-15(20)11-7-9-6-10(21-2)8-12(22-3)14(9)16-11/h4-8,16H,1-3H3,(H,17,18,20). The largest absolute Gasteiger partial charge is 0.497 e. The number of benzene rings is 1. The van der Waals surface area contributed by atoms with Crippen LogP contribution in [0.15, 0.2) is 30.5 Å². The van der Waals surface area contributed by atoms with E-state index in [1.807, 2.05) is 6.07 Å². The van der Waals surface area contributed by atoms with Gasteiger partial charge in [0, 0.05) is 30.8 Å². The Balaban J connectivity index is 1.95. The highest BCUT2D eigenvalue weighted by molar-refractivity contribution is 6.06. The molecule has 0 aliphatic carbocycles. The Hall–Kier alpha value is -2.96. The summed E-state index contributed by atoms with van der Waals surface area (Å²) < 4.78 is 12.2. The fourth-order valence-corrected chi connectivity index (χ4v) is 2.25. The van der Waals surface area contributed by atoms with Gasteiger partial charge in [0.15, 0.2) is 5.82 Å². The predicted octanol–water partition coefficient (Wildman–Crippen LogP) is 2.17. The van der Waals surface area contributed by atoms with Gasteiger partial charge in [-0.3, -0.25) is 9.48 Å².